The summed E-state index contributed by atoms with van der Waals surface area (Å²) in [6, 6.07) is 9.52. The predicted molar refractivity (Wildman–Crippen MR) is 74.5 cm³/mol. The molecule has 2 rings (SSSR count). The second-order valence-electron chi connectivity index (χ2n) is 5.78. The quantitative estimate of drug-likeness (QED) is 0.728. The molecule has 1 aliphatic heterocycles. The van der Waals surface area contributed by atoms with Crippen LogP contribution in [0.4, 0.5) is 0 Å². The highest BCUT2D eigenvalue weighted by Gasteiger charge is 2.36. The largest absolute Gasteiger partial charge is 0.326 e. The van der Waals surface area contributed by atoms with Crippen LogP contribution in [0.25, 0.3) is 0 Å². The fourth-order valence-corrected chi connectivity index (χ4v) is 2.38. The molecule has 1 aromatic carbocycles. The SMILES string of the molecule is CC(C)C1=CC(C)(C)N(C(=O)c2ccccc2)C1. The van der Waals surface area contributed by atoms with Gasteiger partial charge in [-0.15, -0.1) is 0 Å². The van der Waals surface area contributed by atoms with Gasteiger partial charge >= 0.3 is 0 Å². The zero-order valence-corrected chi connectivity index (χ0v) is 11.6. The van der Waals surface area contributed by atoms with Gasteiger partial charge in [0.2, 0.25) is 0 Å². The second kappa shape index (κ2) is 4.60. The van der Waals surface area contributed by atoms with Crippen LogP contribution in [0.15, 0.2) is 42.0 Å². The van der Waals surface area contributed by atoms with E-state index in [1.54, 1.807) is 0 Å². The minimum atomic E-state index is -0.188. The van der Waals surface area contributed by atoms with Crippen molar-refractivity contribution in [1.82, 2.24) is 4.90 Å². The third kappa shape index (κ3) is 2.33. The first-order valence-corrected chi connectivity index (χ1v) is 6.50. The zero-order valence-electron chi connectivity index (χ0n) is 11.6. The number of benzene rings is 1. The summed E-state index contributed by atoms with van der Waals surface area (Å²) in [4.78, 5) is 14.5. The molecule has 1 aliphatic rings. The van der Waals surface area contributed by atoms with Crippen molar-refractivity contribution in [2.45, 2.75) is 33.2 Å². The Kier molecular flexibility index (Phi) is 3.29. The fourth-order valence-electron chi connectivity index (χ4n) is 2.38. The van der Waals surface area contributed by atoms with Gasteiger partial charge in [-0.25, -0.2) is 0 Å². The van der Waals surface area contributed by atoms with E-state index in [-0.39, 0.29) is 11.4 Å². The molecule has 1 heterocycles. The van der Waals surface area contributed by atoms with Crippen LogP contribution in [0.3, 0.4) is 0 Å². The van der Waals surface area contributed by atoms with Gasteiger partial charge in [-0.05, 0) is 37.5 Å². The summed E-state index contributed by atoms with van der Waals surface area (Å²) in [7, 11) is 0. The fraction of sp³-hybridized carbons (Fsp3) is 0.438. The van der Waals surface area contributed by atoms with Gasteiger partial charge in [0, 0.05) is 12.1 Å². The van der Waals surface area contributed by atoms with E-state index in [1.165, 1.54) is 5.57 Å². The van der Waals surface area contributed by atoms with Gasteiger partial charge in [0.1, 0.15) is 0 Å². The Balaban J connectivity index is 2.24. The third-order valence-corrected chi connectivity index (χ3v) is 3.58. The molecule has 0 spiro atoms. The lowest BCUT2D eigenvalue weighted by molar-refractivity contribution is 0.0677. The maximum absolute atomic E-state index is 12.5. The minimum absolute atomic E-state index is 0.118. The Morgan fingerprint density at radius 2 is 1.83 bits per heavy atom. The lowest BCUT2D eigenvalue weighted by Crippen LogP contribution is -2.43. The average molecular weight is 243 g/mol. The van der Waals surface area contributed by atoms with E-state index < -0.39 is 0 Å². The standard InChI is InChI=1S/C16H21NO/c1-12(2)14-10-16(3,4)17(11-14)15(18)13-8-6-5-7-9-13/h5-10,12H,11H2,1-4H3. The van der Waals surface area contributed by atoms with Crippen molar-refractivity contribution < 1.29 is 4.79 Å². The van der Waals surface area contributed by atoms with Crippen molar-refractivity contribution in [2.24, 2.45) is 5.92 Å². The van der Waals surface area contributed by atoms with Crippen LogP contribution in [0.1, 0.15) is 38.1 Å². The summed E-state index contributed by atoms with van der Waals surface area (Å²) in [5.41, 5.74) is 1.93. The van der Waals surface area contributed by atoms with Gasteiger partial charge in [-0.1, -0.05) is 38.1 Å². The van der Waals surface area contributed by atoms with Crippen molar-refractivity contribution >= 4 is 5.91 Å². The molecule has 2 heteroatoms. The van der Waals surface area contributed by atoms with Gasteiger partial charge in [-0.3, -0.25) is 4.79 Å². The molecule has 96 valence electrons. The van der Waals surface area contributed by atoms with Crippen molar-refractivity contribution in [2.75, 3.05) is 6.54 Å². The van der Waals surface area contributed by atoms with Gasteiger partial charge in [0.25, 0.3) is 5.91 Å². The summed E-state index contributed by atoms with van der Waals surface area (Å²) in [5, 5.41) is 0. The summed E-state index contributed by atoms with van der Waals surface area (Å²) < 4.78 is 0. The second-order valence-corrected chi connectivity index (χ2v) is 5.78. The van der Waals surface area contributed by atoms with Crippen LogP contribution in [0.2, 0.25) is 0 Å². The Bertz CT molecular complexity index is 471. The first-order valence-electron chi connectivity index (χ1n) is 6.50. The molecule has 0 saturated carbocycles. The minimum Gasteiger partial charge on any atom is -0.326 e. The molecule has 18 heavy (non-hydrogen) atoms. The highest BCUT2D eigenvalue weighted by Crippen LogP contribution is 2.31. The van der Waals surface area contributed by atoms with E-state index in [1.807, 2.05) is 35.2 Å². The summed E-state index contributed by atoms with van der Waals surface area (Å²) >= 11 is 0. The molecule has 0 aromatic heterocycles. The van der Waals surface area contributed by atoms with Gasteiger partial charge in [-0.2, -0.15) is 0 Å². The van der Waals surface area contributed by atoms with E-state index in [0.717, 1.165) is 12.1 Å². The third-order valence-electron chi connectivity index (χ3n) is 3.58. The van der Waals surface area contributed by atoms with E-state index in [2.05, 4.69) is 33.8 Å². The first kappa shape index (κ1) is 12.9. The van der Waals surface area contributed by atoms with Gasteiger partial charge in [0.15, 0.2) is 0 Å². The monoisotopic (exact) mass is 243 g/mol. The Hall–Kier alpha value is -1.57. The van der Waals surface area contributed by atoms with Crippen molar-refractivity contribution in [3.63, 3.8) is 0 Å². The number of nitrogens with zero attached hydrogens (tertiary/aromatic N) is 1. The molecule has 2 nitrogen and oxygen atoms in total. The number of amides is 1. The molecule has 0 saturated heterocycles. The number of hydrogen-bond acceptors (Lipinski definition) is 1. The molecule has 0 radical (unpaired) electrons. The van der Waals surface area contributed by atoms with Crippen molar-refractivity contribution in [1.29, 1.82) is 0 Å². The lowest BCUT2D eigenvalue weighted by Gasteiger charge is -2.31. The smallest absolute Gasteiger partial charge is 0.254 e. The maximum Gasteiger partial charge on any atom is 0.254 e. The average Bonchev–Trinajstić information content (AvgIpc) is 2.65. The van der Waals surface area contributed by atoms with Gasteiger partial charge in [0.05, 0.1) is 5.54 Å². The van der Waals surface area contributed by atoms with Crippen LogP contribution in [-0.2, 0) is 0 Å². The molecule has 0 bridgehead atoms. The van der Waals surface area contributed by atoms with Crippen molar-refractivity contribution in [3.8, 4) is 0 Å². The van der Waals surface area contributed by atoms with Crippen LogP contribution in [0, 0.1) is 5.92 Å². The molecule has 0 unspecified atom stereocenters. The molecular formula is C16H21NO. The zero-order chi connectivity index (χ0) is 13.3. The lowest BCUT2D eigenvalue weighted by atomic mass is 10.00. The van der Waals surface area contributed by atoms with Crippen molar-refractivity contribution in [3.05, 3.63) is 47.5 Å². The Morgan fingerprint density at radius 3 is 2.33 bits per heavy atom. The number of hydrogen-bond donors (Lipinski definition) is 0. The van der Waals surface area contributed by atoms with E-state index in [9.17, 15) is 4.79 Å². The topological polar surface area (TPSA) is 20.3 Å². The van der Waals surface area contributed by atoms with Crippen LogP contribution < -0.4 is 0 Å². The van der Waals surface area contributed by atoms with E-state index >= 15 is 0 Å². The highest BCUT2D eigenvalue weighted by molar-refractivity contribution is 5.95. The Morgan fingerprint density at radius 1 is 1.22 bits per heavy atom. The normalized spacial score (nSPS) is 18.1. The molecule has 0 aliphatic carbocycles. The number of carbonyl (C=O) groups is 1. The summed E-state index contributed by atoms with van der Waals surface area (Å²) in [6.45, 7) is 9.31. The number of rotatable bonds is 2. The molecule has 0 N–H and O–H groups in total. The molecule has 1 aromatic rings. The predicted octanol–water partition coefficient (Wildman–Crippen LogP) is 3.50. The highest BCUT2D eigenvalue weighted by atomic mass is 16.2. The van der Waals surface area contributed by atoms with Crippen LogP contribution in [0.5, 0.6) is 0 Å². The van der Waals surface area contributed by atoms with Crippen LogP contribution >= 0.6 is 0 Å². The molecule has 0 atom stereocenters. The Labute approximate surface area is 109 Å². The molecule has 0 fully saturated rings. The van der Waals surface area contributed by atoms with E-state index in [0.29, 0.717) is 5.92 Å². The van der Waals surface area contributed by atoms with E-state index in [4.69, 9.17) is 0 Å². The summed E-state index contributed by atoms with van der Waals surface area (Å²) in [6.07, 6.45) is 2.23. The maximum atomic E-state index is 12.5. The number of carbonyl (C=O) groups excluding carboxylic acids is 1. The summed E-state index contributed by atoms with van der Waals surface area (Å²) in [5.74, 6) is 0.616. The first-order chi connectivity index (χ1) is 8.42. The van der Waals surface area contributed by atoms with Crippen LogP contribution in [-0.4, -0.2) is 22.9 Å². The molecule has 1 amide bonds. The van der Waals surface area contributed by atoms with Gasteiger partial charge < -0.3 is 4.90 Å². The molecular weight excluding hydrogens is 222 g/mol.